The Morgan fingerprint density at radius 2 is 2.27 bits per heavy atom. The van der Waals surface area contributed by atoms with Gasteiger partial charge in [-0.25, -0.2) is 4.79 Å². The molecule has 2 unspecified atom stereocenters. The number of hydrogen-bond acceptors (Lipinski definition) is 3. The van der Waals surface area contributed by atoms with Crippen molar-refractivity contribution in [2.45, 2.75) is 44.6 Å². The van der Waals surface area contributed by atoms with Crippen LogP contribution in [-0.2, 0) is 14.3 Å². The fourth-order valence-electron chi connectivity index (χ4n) is 2.40. The zero-order valence-corrected chi connectivity index (χ0v) is 8.86. The van der Waals surface area contributed by atoms with Crippen LogP contribution < -0.4 is 0 Å². The zero-order valence-electron chi connectivity index (χ0n) is 8.86. The second-order valence-electron chi connectivity index (χ2n) is 4.62. The first-order valence-electron chi connectivity index (χ1n) is 5.55. The number of carbonyl (C=O) groups is 2. The van der Waals surface area contributed by atoms with Crippen LogP contribution in [0, 0.1) is 11.8 Å². The molecule has 15 heavy (non-hydrogen) atoms. The predicted molar refractivity (Wildman–Crippen MR) is 52.2 cm³/mol. The largest absolute Gasteiger partial charge is 0.478 e. The standard InChI is InChI=1S/C11H16O4/c1-2-5-11(10(13)14)6-8(7-3-4-7)9(12)15-11/h7-8H,2-6H2,1H3,(H,13,14). The lowest BCUT2D eigenvalue weighted by molar-refractivity contribution is -0.170. The lowest BCUT2D eigenvalue weighted by Gasteiger charge is -2.21. The van der Waals surface area contributed by atoms with Crippen LogP contribution in [0.1, 0.15) is 39.0 Å². The fourth-order valence-corrected chi connectivity index (χ4v) is 2.40. The van der Waals surface area contributed by atoms with Gasteiger partial charge in [-0.3, -0.25) is 4.79 Å². The number of rotatable bonds is 4. The van der Waals surface area contributed by atoms with E-state index in [4.69, 9.17) is 9.84 Å². The van der Waals surface area contributed by atoms with E-state index in [9.17, 15) is 9.59 Å². The SMILES string of the molecule is CCCC1(C(=O)O)CC(C2CC2)C(=O)O1. The number of carboxylic acids is 1. The summed E-state index contributed by atoms with van der Waals surface area (Å²) in [6, 6.07) is 0. The van der Waals surface area contributed by atoms with E-state index in [-0.39, 0.29) is 11.9 Å². The molecular formula is C11H16O4. The van der Waals surface area contributed by atoms with Gasteiger partial charge in [0.15, 0.2) is 0 Å². The maximum absolute atomic E-state index is 11.6. The molecular weight excluding hydrogens is 196 g/mol. The van der Waals surface area contributed by atoms with Crippen LogP contribution in [0.2, 0.25) is 0 Å². The number of ether oxygens (including phenoxy) is 1. The fraction of sp³-hybridized carbons (Fsp3) is 0.818. The molecule has 0 aromatic heterocycles. The molecule has 0 amide bonds. The smallest absolute Gasteiger partial charge is 0.348 e. The monoisotopic (exact) mass is 212 g/mol. The predicted octanol–water partition coefficient (Wildman–Crippen LogP) is 1.58. The lowest BCUT2D eigenvalue weighted by atomic mass is 9.88. The van der Waals surface area contributed by atoms with Gasteiger partial charge in [-0.2, -0.15) is 0 Å². The Bertz CT molecular complexity index is 295. The van der Waals surface area contributed by atoms with E-state index < -0.39 is 11.6 Å². The van der Waals surface area contributed by atoms with E-state index in [1.165, 1.54) is 0 Å². The van der Waals surface area contributed by atoms with Crippen molar-refractivity contribution in [3.63, 3.8) is 0 Å². The van der Waals surface area contributed by atoms with Crippen molar-refractivity contribution in [3.8, 4) is 0 Å². The second kappa shape index (κ2) is 3.51. The van der Waals surface area contributed by atoms with Crippen LogP contribution in [-0.4, -0.2) is 22.6 Å². The molecule has 0 radical (unpaired) electrons. The highest BCUT2D eigenvalue weighted by Crippen LogP contribution is 2.47. The Morgan fingerprint density at radius 3 is 2.73 bits per heavy atom. The molecule has 4 heteroatoms. The van der Waals surface area contributed by atoms with Crippen molar-refractivity contribution >= 4 is 11.9 Å². The number of aliphatic carboxylic acids is 1. The van der Waals surface area contributed by atoms with E-state index in [2.05, 4.69) is 0 Å². The normalized spacial score (nSPS) is 35.3. The lowest BCUT2D eigenvalue weighted by Crippen LogP contribution is -2.38. The summed E-state index contributed by atoms with van der Waals surface area (Å²) in [7, 11) is 0. The van der Waals surface area contributed by atoms with E-state index >= 15 is 0 Å². The van der Waals surface area contributed by atoms with Crippen molar-refractivity contribution in [3.05, 3.63) is 0 Å². The molecule has 4 nitrogen and oxygen atoms in total. The quantitative estimate of drug-likeness (QED) is 0.718. The summed E-state index contributed by atoms with van der Waals surface area (Å²) in [6.07, 6.45) is 3.61. The molecule has 1 saturated heterocycles. The molecule has 2 aliphatic rings. The number of cyclic esters (lactones) is 1. The van der Waals surface area contributed by atoms with Gasteiger partial charge in [0.2, 0.25) is 5.60 Å². The minimum absolute atomic E-state index is 0.160. The zero-order chi connectivity index (χ0) is 11.1. The summed E-state index contributed by atoms with van der Waals surface area (Å²) in [6.45, 7) is 1.91. The topological polar surface area (TPSA) is 63.6 Å². The molecule has 0 aromatic carbocycles. The first-order chi connectivity index (χ1) is 7.09. The summed E-state index contributed by atoms with van der Waals surface area (Å²) in [4.78, 5) is 22.7. The van der Waals surface area contributed by atoms with Crippen LogP contribution in [0.4, 0.5) is 0 Å². The highest BCUT2D eigenvalue weighted by molar-refractivity contribution is 5.87. The van der Waals surface area contributed by atoms with Gasteiger partial charge in [0.05, 0.1) is 5.92 Å². The number of carboxylic acid groups (broad SMARTS) is 1. The minimum Gasteiger partial charge on any atom is -0.478 e. The third-order valence-electron chi connectivity index (χ3n) is 3.38. The van der Waals surface area contributed by atoms with Crippen LogP contribution in [0.25, 0.3) is 0 Å². The molecule has 1 N–H and O–H groups in total. The summed E-state index contributed by atoms with van der Waals surface area (Å²) >= 11 is 0. The van der Waals surface area contributed by atoms with E-state index in [1.807, 2.05) is 6.92 Å². The van der Waals surface area contributed by atoms with Crippen LogP contribution in [0.5, 0.6) is 0 Å². The number of esters is 1. The van der Waals surface area contributed by atoms with E-state index in [0.29, 0.717) is 18.8 Å². The summed E-state index contributed by atoms with van der Waals surface area (Å²) in [5.74, 6) is -1.06. The van der Waals surface area contributed by atoms with Gasteiger partial charge in [-0.1, -0.05) is 13.3 Å². The molecule has 0 spiro atoms. The first-order valence-corrected chi connectivity index (χ1v) is 5.55. The van der Waals surface area contributed by atoms with E-state index in [0.717, 1.165) is 19.3 Å². The van der Waals surface area contributed by atoms with Gasteiger partial charge in [0.1, 0.15) is 0 Å². The Balaban J connectivity index is 2.14. The van der Waals surface area contributed by atoms with Crippen molar-refractivity contribution in [1.29, 1.82) is 0 Å². The van der Waals surface area contributed by atoms with Crippen LogP contribution in [0.3, 0.4) is 0 Å². The maximum Gasteiger partial charge on any atom is 0.348 e. The molecule has 0 bridgehead atoms. The van der Waals surface area contributed by atoms with Gasteiger partial charge >= 0.3 is 11.9 Å². The molecule has 2 atom stereocenters. The van der Waals surface area contributed by atoms with Crippen molar-refractivity contribution in [1.82, 2.24) is 0 Å². The second-order valence-corrected chi connectivity index (χ2v) is 4.62. The Morgan fingerprint density at radius 1 is 1.60 bits per heavy atom. The Labute approximate surface area is 88.6 Å². The third kappa shape index (κ3) is 1.73. The first kappa shape index (κ1) is 10.5. The minimum atomic E-state index is -1.22. The van der Waals surface area contributed by atoms with E-state index in [1.54, 1.807) is 0 Å². The highest BCUT2D eigenvalue weighted by atomic mass is 16.6. The molecule has 1 aliphatic heterocycles. The average Bonchev–Trinajstić information content (AvgIpc) is 2.93. The van der Waals surface area contributed by atoms with Crippen LogP contribution >= 0.6 is 0 Å². The molecule has 1 heterocycles. The molecule has 84 valence electrons. The summed E-state index contributed by atoms with van der Waals surface area (Å²) in [5.41, 5.74) is -1.22. The van der Waals surface area contributed by atoms with Gasteiger partial charge in [-0.05, 0) is 25.2 Å². The number of hydrogen-bond donors (Lipinski definition) is 1. The van der Waals surface area contributed by atoms with Crippen molar-refractivity contribution in [2.75, 3.05) is 0 Å². The molecule has 2 rings (SSSR count). The molecule has 1 aliphatic carbocycles. The van der Waals surface area contributed by atoms with Crippen molar-refractivity contribution in [2.24, 2.45) is 11.8 Å². The van der Waals surface area contributed by atoms with Crippen molar-refractivity contribution < 1.29 is 19.4 Å². The Hall–Kier alpha value is -1.06. The number of carbonyl (C=O) groups excluding carboxylic acids is 1. The third-order valence-corrected chi connectivity index (χ3v) is 3.38. The molecule has 2 fully saturated rings. The molecule has 0 aromatic rings. The highest BCUT2D eigenvalue weighted by Gasteiger charge is 2.55. The average molecular weight is 212 g/mol. The summed E-state index contributed by atoms with van der Waals surface area (Å²) in [5, 5.41) is 9.16. The Kier molecular flexibility index (Phi) is 2.44. The van der Waals surface area contributed by atoms with Gasteiger partial charge in [-0.15, -0.1) is 0 Å². The van der Waals surface area contributed by atoms with Crippen LogP contribution in [0.15, 0.2) is 0 Å². The summed E-state index contributed by atoms with van der Waals surface area (Å²) < 4.78 is 5.13. The van der Waals surface area contributed by atoms with Gasteiger partial charge in [0, 0.05) is 6.42 Å². The van der Waals surface area contributed by atoms with Gasteiger partial charge in [0.25, 0.3) is 0 Å². The maximum atomic E-state index is 11.6. The molecule has 1 saturated carbocycles. The van der Waals surface area contributed by atoms with Gasteiger partial charge < -0.3 is 9.84 Å².